The van der Waals surface area contributed by atoms with E-state index in [9.17, 15) is 9.59 Å². The Morgan fingerprint density at radius 3 is 2.59 bits per heavy atom. The summed E-state index contributed by atoms with van der Waals surface area (Å²) in [5.74, 6) is 0.502. The fraction of sp³-hybridized carbons (Fsp3) is 0.308. The second-order valence-electron chi connectivity index (χ2n) is 8.96. The Morgan fingerprint density at radius 2 is 1.94 bits per heavy atom. The predicted octanol–water partition coefficient (Wildman–Crippen LogP) is 4.51. The van der Waals surface area contributed by atoms with Gasteiger partial charge in [0.1, 0.15) is 5.75 Å². The first-order valence-corrected chi connectivity index (χ1v) is 11.0. The molecule has 3 aromatic rings. The summed E-state index contributed by atoms with van der Waals surface area (Å²) in [4.78, 5) is 27.0. The second kappa shape index (κ2) is 7.55. The number of hydrogen-bond donors (Lipinski definition) is 1. The van der Waals surface area contributed by atoms with Crippen LogP contribution in [0.1, 0.15) is 37.8 Å². The van der Waals surface area contributed by atoms with Crippen LogP contribution in [-0.4, -0.2) is 34.9 Å². The van der Waals surface area contributed by atoms with E-state index in [0.717, 1.165) is 45.7 Å². The first-order chi connectivity index (χ1) is 15.4. The highest BCUT2D eigenvalue weighted by molar-refractivity contribution is 6.11. The van der Waals surface area contributed by atoms with Crippen LogP contribution in [0.4, 0.5) is 5.69 Å². The number of rotatable bonds is 4. The normalized spacial score (nSPS) is 17.6. The van der Waals surface area contributed by atoms with Gasteiger partial charge in [0.05, 0.1) is 24.7 Å². The highest BCUT2D eigenvalue weighted by atomic mass is 16.5. The number of aromatic nitrogens is 1. The summed E-state index contributed by atoms with van der Waals surface area (Å²) in [6.45, 7) is 6.99. The number of carbonyl (C=O) groups excluding carboxylic acids is 2. The highest BCUT2D eigenvalue weighted by Crippen LogP contribution is 2.46. The third kappa shape index (κ3) is 3.09. The topological polar surface area (TPSA) is 63.6 Å². The monoisotopic (exact) mass is 429 g/mol. The van der Waals surface area contributed by atoms with Crippen molar-refractivity contribution in [2.24, 2.45) is 5.92 Å². The van der Waals surface area contributed by atoms with E-state index in [1.54, 1.807) is 7.11 Å². The molecule has 0 aliphatic carbocycles. The lowest BCUT2D eigenvalue weighted by molar-refractivity contribution is -0.139. The van der Waals surface area contributed by atoms with Crippen molar-refractivity contribution in [3.8, 4) is 5.75 Å². The van der Waals surface area contributed by atoms with Gasteiger partial charge in [0.15, 0.2) is 0 Å². The van der Waals surface area contributed by atoms with Gasteiger partial charge in [-0.2, -0.15) is 0 Å². The summed E-state index contributed by atoms with van der Waals surface area (Å²) in [6, 6.07) is 14.1. The van der Waals surface area contributed by atoms with E-state index in [1.807, 2.05) is 36.4 Å². The molecule has 0 unspecified atom stereocenters. The van der Waals surface area contributed by atoms with E-state index in [-0.39, 0.29) is 24.3 Å². The summed E-state index contributed by atoms with van der Waals surface area (Å²) >= 11 is 0. The Bertz CT molecular complexity index is 1270. The molecule has 1 atom stereocenters. The molecule has 0 saturated heterocycles. The molecule has 0 saturated carbocycles. The molecule has 32 heavy (non-hydrogen) atoms. The molecule has 3 heterocycles. The van der Waals surface area contributed by atoms with Crippen LogP contribution in [0.2, 0.25) is 0 Å². The average molecular weight is 430 g/mol. The van der Waals surface area contributed by atoms with E-state index in [0.29, 0.717) is 11.5 Å². The van der Waals surface area contributed by atoms with Gasteiger partial charge >= 0.3 is 0 Å². The van der Waals surface area contributed by atoms with Gasteiger partial charge in [-0.25, -0.2) is 0 Å². The average Bonchev–Trinajstić information content (AvgIpc) is 3.23. The maximum Gasteiger partial charge on any atom is 0.259 e. The highest BCUT2D eigenvalue weighted by Gasteiger charge is 2.41. The van der Waals surface area contributed by atoms with Gasteiger partial charge in [-0.05, 0) is 41.3 Å². The lowest BCUT2D eigenvalue weighted by Crippen LogP contribution is -2.33. The number of amides is 2. The number of benzene rings is 2. The largest absolute Gasteiger partial charge is 0.497 e. The van der Waals surface area contributed by atoms with Crippen molar-refractivity contribution >= 4 is 28.4 Å². The molecule has 2 aromatic carbocycles. The van der Waals surface area contributed by atoms with Crippen LogP contribution in [0.15, 0.2) is 59.9 Å². The van der Waals surface area contributed by atoms with Crippen molar-refractivity contribution in [2.75, 3.05) is 19.0 Å². The Labute approximate surface area is 187 Å². The predicted molar refractivity (Wildman–Crippen MR) is 125 cm³/mol. The molecule has 164 valence electrons. The minimum Gasteiger partial charge on any atom is -0.497 e. The second-order valence-corrected chi connectivity index (χ2v) is 8.96. The number of nitrogens with one attached hydrogen (secondary N) is 1. The molecule has 6 heteroatoms. The third-order valence-corrected chi connectivity index (χ3v) is 6.33. The standard InChI is InChI=1S/C26H27N3O3/c1-15(2)12-28-13-19-23(17-8-10-18(32-4)11-9-17)25-21(14-29(16(3)30)26(25)31)27-20-6-5-7-22(28)24(19)20/h5-11,13,15,23,27H,12,14H2,1-4H3/t23-/m0/s1. The van der Waals surface area contributed by atoms with Crippen molar-refractivity contribution in [2.45, 2.75) is 33.2 Å². The first-order valence-electron chi connectivity index (χ1n) is 11.0. The molecule has 0 radical (unpaired) electrons. The van der Waals surface area contributed by atoms with Crippen LogP contribution in [0, 0.1) is 5.92 Å². The molecular formula is C26H27N3O3. The lowest BCUT2D eigenvalue weighted by Gasteiger charge is -2.19. The van der Waals surface area contributed by atoms with Crippen LogP contribution in [0.25, 0.3) is 10.9 Å². The summed E-state index contributed by atoms with van der Waals surface area (Å²) in [5, 5.41) is 4.65. The molecular weight excluding hydrogens is 402 g/mol. The van der Waals surface area contributed by atoms with E-state index in [2.05, 4.69) is 36.0 Å². The van der Waals surface area contributed by atoms with Crippen LogP contribution >= 0.6 is 0 Å². The molecule has 0 bridgehead atoms. The number of anilines is 1. The Balaban J connectivity index is 1.77. The fourth-order valence-corrected chi connectivity index (χ4v) is 4.96. The van der Waals surface area contributed by atoms with Gasteiger partial charge in [0, 0.05) is 42.4 Å². The van der Waals surface area contributed by atoms with Crippen molar-refractivity contribution in [1.29, 1.82) is 0 Å². The zero-order valence-electron chi connectivity index (χ0n) is 18.8. The third-order valence-electron chi connectivity index (χ3n) is 6.33. The van der Waals surface area contributed by atoms with Crippen molar-refractivity contribution < 1.29 is 14.3 Å². The molecule has 2 amide bonds. The molecule has 2 aliphatic rings. The van der Waals surface area contributed by atoms with Gasteiger partial charge in [0.2, 0.25) is 5.91 Å². The number of imide groups is 1. The molecule has 5 rings (SSSR count). The molecule has 6 nitrogen and oxygen atoms in total. The van der Waals surface area contributed by atoms with E-state index < -0.39 is 0 Å². The van der Waals surface area contributed by atoms with Crippen LogP contribution in [-0.2, 0) is 16.1 Å². The fourth-order valence-electron chi connectivity index (χ4n) is 4.96. The molecule has 2 aliphatic heterocycles. The van der Waals surface area contributed by atoms with Crippen LogP contribution in [0.5, 0.6) is 5.75 Å². The van der Waals surface area contributed by atoms with Gasteiger partial charge in [0.25, 0.3) is 5.91 Å². The smallest absolute Gasteiger partial charge is 0.259 e. The van der Waals surface area contributed by atoms with E-state index in [4.69, 9.17) is 4.74 Å². The quantitative estimate of drug-likeness (QED) is 0.663. The first kappa shape index (κ1) is 20.4. The Kier molecular flexibility index (Phi) is 4.81. The number of carbonyl (C=O) groups is 2. The molecule has 0 fully saturated rings. The Morgan fingerprint density at radius 1 is 1.19 bits per heavy atom. The maximum absolute atomic E-state index is 13.5. The van der Waals surface area contributed by atoms with Gasteiger partial charge < -0.3 is 14.6 Å². The SMILES string of the molecule is COc1ccc([C@@H]2C3=C(CN(C(C)=O)C3=O)Nc3cccc4c3c2cn4CC(C)C)cc1. The summed E-state index contributed by atoms with van der Waals surface area (Å²) in [7, 11) is 1.64. The molecule has 0 spiro atoms. The van der Waals surface area contributed by atoms with Gasteiger partial charge in [-0.15, -0.1) is 0 Å². The minimum atomic E-state index is -0.278. The number of hydrogen-bond acceptors (Lipinski definition) is 4. The summed E-state index contributed by atoms with van der Waals surface area (Å²) in [6.07, 6.45) is 2.18. The van der Waals surface area contributed by atoms with Crippen LogP contribution in [0.3, 0.4) is 0 Å². The zero-order chi connectivity index (χ0) is 22.6. The van der Waals surface area contributed by atoms with E-state index in [1.165, 1.54) is 11.8 Å². The number of ether oxygens (including phenoxy) is 1. The van der Waals surface area contributed by atoms with Gasteiger partial charge in [-0.3, -0.25) is 14.5 Å². The molecule has 1 aromatic heterocycles. The van der Waals surface area contributed by atoms with Crippen molar-refractivity contribution in [1.82, 2.24) is 9.47 Å². The number of methoxy groups -OCH3 is 1. The van der Waals surface area contributed by atoms with E-state index >= 15 is 0 Å². The Hall–Kier alpha value is -3.54. The number of nitrogens with zero attached hydrogens (tertiary/aromatic N) is 2. The van der Waals surface area contributed by atoms with Crippen LogP contribution < -0.4 is 10.1 Å². The minimum absolute atomic E-state index is 0.224. The zero-order valence-corrected chi connectivity index (χ0v) is 18.8. The lowest BCUT2D eigenvalue weighted by atomic mass is 9.84. The maximum atomic E-state index is 13.5. The molecule has 1 N–H and O–H groups in total. The van der Waals surface area contributed by atoms with Gasteiger partial charge in [-0.1, -0.05) is 32.0 Å². The van der Waals surface area contributed by atoms with Crippen molar-refractivity contribution in [3.63, 3.8) is 0 Å². The van der Waals surface area contributed by atoms with Crippen molar-refractivity contribution in [3.05, 3.63) is 71.1 Å². The summed E-state index contributed by atoms with van der Waals surface area (Å²) in [5.41, 5.74) is 5.64. The summed E-state index contributed by atoms with van der Waals surface area (Å²) < 4.78 is 7.63.